The molecule has 10 heteroatoms. The lowest BCUT2D eigenvalue weighted by molar-refractivity contribution is -0.133. The Morgan fingerprint density at radius 1 is 1.16 bits per heavy atom. The minimum absolute atomic E-state index is 0.0469. The number of carbonyl (C=O) groups is 1. The monoisotopic (exact) mass is 440 g/mol. The first kappa shape index (κ1) is 19.5. The van der Waals surface area contributed by atoms with Gasteiger partial charge in [-0.2, -0.15) is 17.6 Å². The smallest absolute Gasteiger partial charge is 0.283 e. The first-order chi connectivity index (χ1) is 14.8. The maximum Gasteiger partial charge on any atom is 0.283 e. The Labute approximate surface area is 176 Å². The summed E-state index contributed by atoms with van der Waals surface area (Å²) in [6, 6.07) is 11.0. The zero-order chi connectivity index (χ0) is 21.8. The van der Waals surface area contributed by atoms with Crippen molar-refractivity contribution in [3.8, 4) is 0 Å². The summed E-state index contributed by atoms with van der Waals surface area (Å²) in [5.74, 6) is -1.01. The van der Waals surface area contributed by atoms with Crippen LogP contribution in [0.25, 0.3) is 11.0 Å². The third-order valence-electron chi connectivity index (χ3n) is 5.35. The lowest BCUT2D eigenvalue weighted by Gasteiger charge is -2.21. The molecule has 0 saturated heterocycles. The van der Waals surface area contributed by atoms with E-state index < -0.39 is 27.8 Å². The third-order valence-corrected chi connectivity index (χ3v) is 6.88. The van der Waals surface area contributed by atoms with Crippen molar-refractivity contribution in [1.29, 1.82) is 0 Å². The Morgan fingerprint density at radius 3 is 2.74 bits per heavy atom. The van der Waals surface area contributed by atoms with Gasteiger partial charge in [0.1, 0.15) is 17.4 Å². The first-order valence-corrected chi connectivity index (χ1v) is 10.9. The summed E-state index contributed by atoms with van der Waals surface area (Å²) < 4.78 is 46.1. The molecule has 5 rings (SSSR count). The van der Waals surface area contributed by atoms with Gasteiger partial charge >= 0.3 is 0 Å². The normalized spacial score (nSPS) is 14.7. The number of hydrogen-bond acceptors (Lipinski definition) is 6. The molecule has 0 fully saturated rings. The van der Waals surface area contributed by atoms with Crippen molar-refractivity contribution in [3.05, 3.63) is 83.6 Å². The summed E-state index contributed by atoms with van der Waals surface area (Å²) in [5.41, 5.74) is 7.59. The van der Waals surface area contributed by atoms with Crippen LogP contribution >= 0.6 is 0 Å². The highest BCUT2D eigenvalue weighted by molar-refractivity contribution is 7.89. The van der Waals surface area contributed by atoms with E-state index in [2.05, 4.69) is 5.10 Å². The maximum atomic E-state index is 14.0. The van der Waals surface area contributed by atoms with Crippen molar-refractivity contribution in [2.24, 2.45) is 5.73 Å². The van der Waals surface area contributed by atoms with Crippen LogP contribution in [0.5, 0.6) is 0 Å². The summed E-state index contributed by atoms with van der Waals surface area (Å²) in [4.78, 5) is 14.2. The maximum absolute atomic E-state index is 14.0. The van der Waals surface area contributed by atoms with Gasteiger partial charge in [0.2, 0.25) is 5.91 Å². The van der Waals surface area contributed by atoms with E-state index >= 15 is 0 Å². The summed E-state index contributed by atoms with van der Waals surface area (Å²) >= 11 is 0. The molecule has 4 aromatic rings. The molecule has 0 unspecified atom stereocenters. The number of benzene rings is 2. The molecule has 0 spiro atoms. The largest absolute Gasteiger partial charge is 0.464 e. The Bertz CT molecular complexity index is 1400. The summed E-state index contributed by atoms with van der Waals surface area (Å²) in [6.07, 6.45) is 2.88. The van der Waals surface area contributed by atoms with Crippen molar-refractivity contribution >= 4 is 26.9 Å². The zero-order valence-corrected chi connectivity index (χ0v) is 16.9. The number of nitrogens with zero attached hydrogens (tertiary/aromatic N) is 3. The van der Waals surface area contributed by atoms with Gasteiger partial charge in [-0.05, 0) is 24.3 Å². The number of furan rings is 1. The quantitative estimate of drug-likeness (QED) is 0.522. The number of hydrogen-bond donors (Lipinski definition) is 1. The van der Waals surface area contributed by atoms with Gasteiger partial charge in [-0.15, -0.1) is 0 Å². The van der Waals surface area contributed by atoms with Crippen molar-refractivity contribution in [3.63, 3.8) is 0 Å². The van der Waals surface area contributed by atoms with Crippen LogP contribution in [-0.2, 0) is 27.9 Å². The molecule has 2 N–H and O–H groups in total. The fraction of sp³-hybridized carbons (Fsp3) is 0.143. The molecule has 2 aromatic carbocycles. The van der Waals surface area contributed by atoms with Crippen LogP contribution < -0.4 is 5.73 Å². The number of halogens is 1. The van der Waals surface area contributed by atoms with E-state index in [1.165, 1.54) is 47.7 Å². The Balaban J connectivity index is 1.37. The highest BCUT2D eigenvalue weighted by Crippen LogP contribution is 2.28. The standard InChI is InChI=1S/C21H17FN4O4S/c22-17-4-2-1-3-16(17)20(23)21(27)25-10-14-11-26(24-18(14)12-25)31(28,29)15-6-5-13-7-8-30-19(13)9-15/h1-9,11,20H,10,12,23H2/t20-/m1/s1. The van der Waals surface area contributed by atoms with Crippen molar-refractivity contribution in [2.75, 3.05) is 0 Å². The molecule has 8 nitrogen and oxygen atoms in total. The second kappa shape index (κ2) is 7.03. The minimum atomic E-state index is -3.92. The molecule has 1 aliphatic rings. The Hall–Kier alpha value is -3.50. The molecule has 1 amide bonds. The van der Waals surface area contributed by atoms with Crippen LogP contribution in [0, 0.1) is 5.82 Å². The Kier molecular flexibility index (Phi) is 4.42. The van der Waals surface area contributed by atoms with Crippen LogP contribution in [0.4, 0.5) is 4.39 Å². The third kappa shape index (κ3) is 3.20. The lowest BCUT2D eigenvalue weighted by Crippen LogP contribution is -2.35. The fourth-order valence-electron chi connectivity index (χ4n) is 3.67. The van der Waals surface area contributed by atoms with Gasteiger partial charge in [-0.3, -0.25) is 4.79 Å². The number of aromatic nitrogens is 2. The van der Waals surface area contributed by atoms with Gasteiger partial charge in [0.25, 0.3) is 10.0 Å². The summed E-state index contributed by atoms with van der Waals surface area (Å²) in [6.45, 7) is 0.235. The minimum Gasteiger partial charge on any atom is -0.464 e. The van der Waals surface area contributed by atoms with Crippen molar-refractivity contribution < 1.29 is 22.0 Å². The number of fused-ring (bicyclic) bond motifs is 2. The predicted molar refractivity (Wildman–Crippen MR) is 109 cm³/mol. The van der Waals surface area contributed by atoms with Gasteiger partial charge < -0.3 is 15.1 Å². The van der Waals surface area contributed by atoms with Crippen molar-refractivity contribution in [2.45, 2.75) is 24.0 Å². The number of nitrogens with two attached hydrogens (primary N) is 1. The molecule has 0 radical (unpaired) electrons. The molecule has 0 aliphatic carbocycles. The van der Waals surface area contributed by atoms with E-state index in [0.717, 1.165) is 9.47 Å². The van der Waals surface area contributed by atoms with E-state index in [-0.39, 0.29) is 23.5 Å². The van der Waals surface area contributed by atoms with Crippen LogP contribution in [-0.4, -0.2) is 28.4 Å². The van der Waals surface area contributed by atoms with E-state index in [1.807, 2.05) is 0 Å². The molecule has 31 heavy (non-hydrogen) atoms. The number of rotatable bonds is 4. The number of carbonyl (C=O) groups excluding carboxylic acids is 1. The average Bonchev–Trinajstić information content (AvgIpc) is 3.47. The predicted octanol–water partition coefficient (Wildman–Crippen LogP) is 2.55. The van der Waals surface area contributed by atoms with E-state index in [4.69, 9.17) is 10.2 Å². The molecular weight excluding hydrogens is 423 g/mol. The molecule has 158 valence electrons. The SMILES string of the molecule is N[C@@H](C(=O)N1Cc2cn(S(=O)(=O)c3ccc4ccoc4c3)nc2C1)c1ccccc1F. The van der Waals surface area contributed by atoms with Gasteiger partial charge in [0.05, 0.1) is 23.4 Å². The van der Waals surface area contributed by atoms with E-state index in [0.29, 0.717) is 16.8 Å². The van der Waals surface area contributed by atoms with Crippen LogP contribution in [0.15, 0.2) is 70.3 Å². The van der Waals surface area contributed by atoms with Crippen LogP contribution in [0.3, 0.4) is 0 Å². The van der Waals surface area contributed by atoms with Gasteiger partial charge in [-0.25, -0.2) is 4.39 Å². The van der Waals surface area contributed by atoms with Gasteiger partial charge in [0, 0.05) is 35.3 Å². The zero-order valence-electron chi connectivity index (χ0n) is 16.1. The molecule has 0 saturated carbocycles. The molecule has 1 atom stereocenters. The second-order valence-corrected chi connectivity index (χ2v) is 9.09. The summed E-state index contributed by atoms with van der Waals surface area (Å²) in [7, 11) is -3.92. The highest BCUT2D eigenvalue weighted by Gasteiger charge is 2.32. The number of amides is 1. The lowest BCUT2D eigenvalue weighted by atomic mass is 10.1. The van der Waals surface area contributed by atoms with Gasteiger partial charge in [-0.1, -0.05) is 18.2 Å². The topological polar surface area (TPSA) is 111 Å². The van der Waals surface area contributed by atoms with E-state index in [9.17, 15) is 17.6 Å². The molecule has 3 heterocycles. The van der Waals surface area contributed by atoms with Crippen molar-refractivity contribution in [1.82, 2.24) is 14.1 Å². The van der Waals surface area contributed by atoms with Crippen LogP contribution in [0.2, 0.25) is 0 Å². The Morgan fingerprint density at radius 2 is 1.97 bits per heavy atom. The van der Waals surface area contributed by atoms with Crippen LogP contribution in [0.1, 0.15) is 22.9 Å². The fourth-order valence-corrected chi connectivity index (χ4v) is 4.85. The van der Waals surface area contributed by atoms with E-state index in [1.54, 1.807) is 18.2 Å². The molecular formula is C21H17FN4O4S. The highest BCUT2D eigenvalue weighted by atomic mass is 32.2. The van der Waals surface area contributed by atoms with Gasteiger partial charge in [0.15, 0.2) is 0 Å². The summed E-state index contributed by atoms with van der Waals surface area (Å²) in [5, 5.41) is 4.97. The molecule has 0 bridgehead atoms. The molecule has 1 aliphatic heterocycles. The second-order valence-electron chi connectivity index (χ2n) is 7.29. The first-order valence-electron chi connectivity index (χ1n) is 9.43. The molecule has 2 aromatic heterocycles. The average molecular weight is 440 g/mol.